The highest BCUT2D eigenvalue weighted by Crippen LogP contribution is 2.26. The van der Waals surface area contributed by atoms with Gasteiger partial charge in [-0.25, -0.2) is 4.98 Å². The summed E-state index contributed by atoms with van der Waals surface area (Å²) in [4.78, 5) is 17.0. The maximum atomic E-state index is 12.4. The fraction of sp³-hybridized carbons (Fsp3) is 0.389. The lowest BCUT2D eigenvalue weighted by atomic mass is 10.2. The van der Waals surface area contributed by atoms with Gasteiger partial charge in [-0.05, 0) is 45.9 Å². The van der Waals surface area contributed by atoms with Crippen molar-refractivity contribution in [1.82, 2.24) is 20.1 Å². The second kappa shape index (κ2) is 6.73. The number of thiazole rings is 1. The Bertz CT molecular complexity index is 834. The Balaban J connectivity index is 1.64. The number of fused-ring (bicyclic) bond motifs is 1. The van der Waals surface area contributed by atoms with Crippen LogP contribution < -0.4 is 5.32 Å². The number of nitrogens with zero attached hydrogens (tertiary/aromatic N) is 3. The van der Waals surface area contributed by atoms with Gasteiger partial charge in [-0.1, -0.05) is 12.1 Å². The highest BCUT2D eigenvalue weighted by molar-refractivity contribution is 7.18. The van der Waals surface area contributed by atoms with Crippen molar-refractivity contribution in [3.8, 4) is 0 Å². The van der Waals surface area contributed by atoms with E-state index >= 15 is 0 Å². The van der Waals surface area contributed by atoms with E-state index in [1.54, 1.807) is 11.3 Å². The van der Waals surface area contributed by atoms with Gasteiger partial charge >= 0.3 is 0 Å². The van der Waals surface area contributed by atoms with E-state index in [4.69, 9.17) is 0 Å². The Morgan fingerprint density at radius 3 is 2.71 bits per heavy atom. The predicted octanol–water partition coefficient (Wildman–Crippen LogP) is 3.94. The SMILES string of the molecule is Cc1cc(C)n([C@@H](C)CC(=O)N[C@H](C)c2nc3ccccc3s2)n1. The van der Waals surface area contributed by atoms with Crippen LogP contribution in [0.4, 0.5) is 0 Å². The van der Waals surface area contributed by atoms with Gasteiger partial charge in [0.2, 0.25) is 5.91 Å². The standard InChI is InChI=1S/C18H22N4OS/c1-11-9-12(2)22(21-11)13(3)10-17(23)19-14(4)18-20-15-7-5-6-8-16(15)24-18/h5-9,13-14H,10H2,1-4H3,(H,19,23)/t13-,14+/m0/s1. The van der Waals surface area contributed by atoms with Gasteiger partial charge in [-0.15, -0.1) is 11.3 Å². The van der Waals surface area contributed by atoms with Crippen LogP contribution in [-0.4, -0.2) is 20.7 Å². The lowest BCUT2D eigenvalue weighted by molar-refractivity contribution is -0.122. The number of aryl methyl sites for hydroxylation is 2. The third kappa shape index (κ3) is 3.48. The van der Waals surface area contributed by atoms with Gasteiger partial charge in [-0.3, -0.25) is 9.48 Å². The summed E-state index contributed by atoms with van der Waals surface area (Å²) in [6.45, 7) is 7.97. The second-order valence-corrected chi connectivity index (χ2v) is 7.30. The van der Waals surface area contributed by atoms with E-state index in [0.717, 1.165) is 26.6 Å². The van der Waals surface area contributed by atoms with E-state index in [0.29, 0.717) is 6.42 Å². The van der Waals surface area contributed by atoms with Crippen LogP contribution in [-0.2, 0) is 4.79 Å². The molecule has 0 aliphatic rings. The molecule has 6 heteroatoms. The first-order valence-electron chi connectivity index (χ1n) is 8.11. The first-order chi connectivity index (χ1) is 11.4. The topological polar surface area (TPSA) is 59.8 Å². The third-order valence-corrected chi connectivity index (χ3v) is 5.22. The first-order valence-corrected chi connectivity index (χ1v) is 8.93. The minimum Gasteiger partial charge on any atom is -0.347 e. The number of amides is 1. The summed E-state index contributed by atoms with van der Waals surface area (Å²) in [7, 11) is 0. The molecular formula is C18H22N4OS. The van der Waals surface area contributed by atoms with Crippen molar-refractivity contribution in [2.75, 3.05) is 0 Å². The smallest absolute Gasteiger partial charge is 0.222 e. The molecular weight excluding hydrogens is 320 g/mol. The predicted molar refractivity (Wildman–Crippen MR) is 97.2 cm³/mol. The minimum atomic E-state index is -0.0949. The molecule has 3 rings (SSSR count). The van der Waals surface area contributed by atoms with Crippen LogP contribution in [0.5, 0.6) is 0 Å². The number of carbonyl (C=O) groups is 1. The summed E-state index contributed by atoms with van der Waals surface area (Å²) in [5.74, 6) is 0.0156. The molecule has 0 spiro atoms. The largest absolute Gasteiger partial charge is 0.347 e. The summed E-state index contributed by atoms with van der Waals surface area (Å²) in [6, 6.07) is 9.99. The quantitative estimate of drug-likeness (QED) is 0.764. The number of hydrogen-bond acceptors (Lipinski definition) is 4. The van der Waals surface area contributed by atoms with E-state index in [-0.39, 0.29) is 18.0 Å². The molecule has 2 heterocycles. The van der Waals surface area contributed by atoms with Crippen molar-refractivity contribution in [3.05, 3.63) is 46.7 Å². The Kier molecular flexibility index (Phi) is 4.66. The summed E-state index contributed by atoms with van der Waals surface area (Å²) >= 11 is 1.63. The molecule has 0 aliphatic heterocycles. The number of benzene rings is 1. The highest BCUT2D eigenvalue weighted by Gasteiger charge is 2.18. The maximum Gasteiger partial charge on any atom is 0.222 e. The van der Waals surface area contributed by atoms with Gasteiger partial charge in [0, 0.05) is 12.1 Å². The van der Waals surface area contributed by atoms with Crippen molar-refractivity contribution in [1.29, 1.82) is 0 Å². The number of nitrogens with one attached hydrogen (secondary N) is 1. The van der Waals surface area contributed by atoms with E-state index in [1.165, 1.54) is 0 Å². The van der Waals surface area contributed by atoms with Crippen molar-refractivity contribution in [2.45, 2.75) is 46.2 Å². The maximum absolute atomic E-state index is 12.4. The Hall–Kier alpha value is -2.21. The normalized spacial score (nSPS) is 13.8. The van der Waals surface area contributed by atoms with Crippen molar-refractivity contribution in [3.63, 3.8) is 0 Å². The Morgan fingerprint density at radius 1 is 1.29 bits per heavy atom. The first kappa shape index (κ1) is 16.6. The summed E-state index contributed by atoms with van der Waals surface area (Å²) in [6.07, 6.45) is 0.400. The molecule has 0 aliphatic carbocycles. The molecule has 2 atom stereocenters. The summed E-state index contributed by atoms with van der Waals surface area (Å²) < 4.78 is 3.06. The molecule has 0 unspecified atom stereocenters. The number of carbonyl (C=O) groups excluding carboxylic acids is 1. The zero-order valence-corrected chi connectivity index (χ0v) is 15.2. The molecule has 1 aromatic carbocycles. The lowest BCUT2D eigenvalue weighted by Gasteiger charge is -2.16. The van der Waals surface area contributed by atoms with Crippen LogP contribution in [0.3, 0.4) is 0 Å². The molecule has 1 amide bonds. The average Bonchev–Trinajstić information content (AvgIpc) is 3.09. The molecule has 0 radical (unpaired) electrons. The number of para-hydroxylation sites is 1. The number of rotatable bonds is 5. The Labute approximate surface area is 145 Å². The number of aromatic nitrogens is 3. The highest BCUT2D eigenvalue weighted by atomic mass is 32.1. The minimum absolute atomic E-state index is 0.0156. The van der Waals surface area contributed by atoms with Crippen LogP contribution >= 0.6 is 11.3 Å². The van der Waals surface area contributed by atoms with Crippen molar-refractivity contribution in [2.24, 2.45) is 0 Å². The molecule has 0 saturated carbocycles. The zero-order chi connectivity index (χ0) is 17.3. The Morgan fingerprint density at radius 2 is 2.04 bits per heavy atom. The van der Waals surface area contributed by atoms with E-state index in [9.17, 15) is 4.79 Å². The summed E-state index contributed by atoms with van der Waals surface area (Å²) in [5.41, 5.74) is 3.03. The van der Waals surface area contributed by atoms with E-state index in [1.807, 2.05) is 56.6 Å². The molecule has 5 nitrogen and oxygen atoms in total. The van der Waals surface area contributed by atoms with Crippen LogP contribution in [0.15, 0.2) is 30.3 Å². The van der Waals surface area contributed by atoms with Crippen LogP contribution in [0.25, 0.3) is 10.2 Å². The van der Waals surface area contributed by atoms with Gasteiger partial charge in [0.05, 0.1) is 28.0 Å². The van der Waals surface area contributed by atoms with Gasteiger partial charge in [-0.2, -0.15) is 5.10 Å². The molecule has 0 saturated heterocycles. The lowest BCUT2D eigenvalue weighted by Crippen LogP contribution is -2.28. The fourth-order valence-electron chi connectivity index (χ4n) is 2.88. The average molecular weight is 342 g/mol. The fourth-order valence-corrected chi connectivity index (χ4v) is 3.85. The van der Waals surface area contributed by atoms with Crippen LogP contribution in [0, 0.1) is 13.8 Å². The van der Waals surface area contributed by atoms with E-state index < -0.39 is 0 Å². The molecule has 2 aromatic heterocycles. The molecule has 3 aromatic rings. The van der Waals surface area contributed by atoms with Gasteiger partial charge < -0.3 is 5.32 Å². The van der Waals surface area contributed by atoms with Crippen LogP contribution in [0.1, 0.15) is 48.7 Å². The molecule has 0 bridgehead atoms. The second-order valence-electron chi connectivity index (χ2n) is 6.23. The molecule has 0 fully saturated rings. The van der Waals surface area contributed by atoms with Gasteiger partial charge in [0.25, 0.3) is 0 Å². The monoisotopic (exact) mass is 342 g/mol. The van der Waals surface area contributed by atoms with Crippen LogP contribution in [0.2, 0.25) is 0 Å². The summed E-state index contributed by atoms with van der Waals surface area (Å²) in [5, 5.41) is 8.44. The molecule has 126 valence electrons. The van der Waals surface area contributed by atoms with E-state index in [2.05, 4.69) is 21.5 Å². The molecule has 1 N–H and O–H groups in total. The number of hydrogen-bond donors (Lipinski definition) is 1. The molecule has 24 heavy (non-hydrogen) atoms. The zero-order valence-electron chi connectivity index (χ0n) is 14.4. The van der Waals surface area contributed by atoms with Gasteiger partial charge in [0.1, 0.15) is 5.01 Å². The van der Waals surface area contributed by atoms with Crippen molar-refractivity contribution >= 4 is 27.5 Å². The van der Waals surface area contributed by atoms with Gasteiger partial charge in [0.15, 0.2) is 0 Å². The van der Waals surface area contributed by atoms with Crippen molar-refractivity contribution < 1.29 is 4.79 Å². The third-order valence-electron chi connectivity index (χ3n) is 4.00.